The molecule has 0 saturated carbocycles. The Morgan fingerprint density at radius 2 is 1.81 bits per heavy atom. The Morgan fingerprint density at radius 1 is 1.17 bits per heavy atom. The minimum Gasteiger partial charge on any atom is -0.481 e. The topological polar surface area (TPSA) is 81.4 Å². The average molecular weight is 517 g/mol. The molecule has 0 unspecified atom stereocenters. The summed E-state index contributed by atoms with van der Waals surface area (Å²) in [5.74, 6) is -5.52. The first-order valence-electron chi connectivity index (χ1n) is 10.5. The molecule has 1 heterocycles. The van der Waals surface area contributed by atoms with Crippen molar-refractivity contribution >= 4 is 17.5 Å². The van der Waals surface area contributed by atoms with Crippen LogP contribution in [0.15, 0.2) is 35.1 Å². The summed E-state index contributed by atoms with van der Waals surface area (Å²) in [6, 6.07) is 3.93. The van der Waals surface area contributed by atoms with Crippen molar-refractivity contribution in [2.45, 2.75) is 19.5 Å². The fourth-order valence-corrected chi connectivity index (χ4v) is 3.15. The normalized spacial score (nSPS) is 12.1. The van der Waals surface area contributed by atoms with E-state index in [-0.39, 0.29) is 5.95 Å². The van der Waals surface area contributed by atoms with Gasteiger partial charge >= 0.3 is 5.69 Å². The third kappa shape index (κ3) is 5.16. The van der Waals surface area contributed by atoms with Crippen LogP contribution < -0.4 is 20.6 Å². The Balaban J connectivity index is 2.15. The second-order valence-electron chi connectivity index (χ2n) is 7.56. The average Bonchev–Trinajstić information content (AvgIpc) is 3.13. The molecule has 1 atom stereocenters. The predicted molar refractivity (Wildman–Crippen MR) is 118 cm³/mol. The van der Waals surface area contributed by atoms with Gasteiger partial charge in [0, 0.05) is 26.7 Å². The molecule has 194 valence electrons. The summed E-state index contributed by atoms with van der Waals surface area (Å²) in [6.07, 6.45) is -5.70. The van der Waals surface area contributed by atoms with Gasteiger partial charge in [-0.1, -0.05) is 6.07 Å². The van der Waals surface area contributed by atoms with Crippen LogP contribution in [-0.2, 0) is 7.05 Å². The number of alkyl halides is 3. The number of hydrogen-bond donors (Lipinski definition) is 1. The number of nitrogens with one attached hydrogen (secondary N) is 1. The van der Waals surface area contributed by atoms with Crippen LogP contribution in [0.1, 0.15) is 17.3 Å². The van der Waals surface area contributed by atoms with Gasteiger partial charge < -0.3 is 15.0 Å². The number of carbonyl (C=O) groups is 1. The second kappa shape index (κ2) is 10.7. The number of ether oxygens (including phenoxy) is 1. The van der Waals surface area contributed by atoms with Crippen molar-refractivity contribution in [1.82, 2.24) is 14.3 Å². The molecule has 0 saturated heterocycles. The number of halogens is 6. The summed E-state index contributed by atoms with van der Waals surface area (Å²) >= 11 is 0. The molecule has 0 fully saturated rings. The Kier molecular flexibility index (Phi) is 7.95. The lowest BCUT2D eigenvalue weighted by Crippen LogP contribution is -2.29. The molecule has 3 rings (SSSR count). The first kappa shape index (κ1) is 26.6. The zero-order chi connectivity index (χ0) is 26.7. The summed E-state index contributed by atoms with van der Waals surface area (Å²) in [7, 11) is 2.98. The number of anilines is 2. The maximum absolute atomic E-state index is 15.1. The van der Waals surface area contributed by atoms with Crippen molar-refractivity contribution in [1.29, 1.82) is 0 Å². The number of hydrogen-bond acceptors (Lipinski definition) is 5. The first-order chi connectivity index (χ1) is 17.0. The summed E-state index contributed by atoms with van der Waals surface area (Å²) in [5.41, 5.74) is -3.09. The van der Waals surface area contributed by atoms with Gasteiger partial charge in [-0.15, -0.1) is 5.10 Å². The van der Waals surface area contributed by atoms with E-state index in [2.05, 4.69) is 5.10 Å². The predicted octanol–water partition coefficient (Wildman–Crippen LogP) is 3.68. The van der Waals surface area contributed by atoms with Crippen molar-refractivity contribution in [3.63, 3.8) is 0 Å². The third-order valence-corrected chi connectivity index (χ3v) is 5.21. The van der Waals surface area contributed by atoms with Gasteiger partial charge in [-0.3, -0.25) is 9.36 Å². The SMILES string of the molecule is CCN(C)c1nn(-c2cc(O[C@@H](CF)C(F)F)c(C(=O)Nc3c(F)cccc3F)cc2F)c(=O)n1C. The maximum Gasteiger partial charge on any atom is 0.352 e. The highest BCUT2D eigenvalue weighted by Gasteiger charge is 2.28. The maximum atomic E-state index is 15.1. The lowest BCUT2D eigenvalue weighted by Gasteiger charge is -2.19. The van der Waals surface area contributed by atoms with E-state index in [0.29, 0.717) is 23.4 Å². The first-order valence-corrected chi connectivity index (χ1v) is 10.5. The number of amides is 1. The lowest BCUT2D eigenvalue weighted by atomic mass is 10.1. The molecule has 1 amide bonds. The molecule has 1 N–H and O–H groups in total. The Morgan fingerprint density at radius 3 is 2.36 bits per heavy atom. The molecule has 3 aromatic rings. The van der Waals surface area contributed by atoms with Gasteiger partial charge in [-0.2, -0.15) is 4.68 Å². The zero-order valence-corrected chi connectivity index (χ0v) is 19.2. The number of rotatable bonds is 9. The van der Waals surface area contributed by atoms with Gasteiger partial charge in [0.25, 0.3) is 12.3 Å². The Bertz CT molecular complexity index is 1310. The summed E-state index contributed by atoms with van der Waals surface area (Å²) in [5, 5.41) is 5.91. The van der Waals surface area contributed by atoms with Crippen LogP contribution in [0.3, 0.4) is 0 Å². The van der Waals surface area contributed by atoms with Crippen molar-refractivity contribution in [3.05, 3.63) is 63.8 Å². The number of para-hydroxylation sites is 1. The highest BCUT2D eigenvalue weighted by atomic mass is 19.3. The van der Waals surface area contributed by atoms with E-state index in [1.807, 2.05) is 5.32 Å². The highest BCUT2D eigenvalue weighted by Crippen LogP contribution is 2.29. The van der Waals surface area contributed by atoms with Gasteiger partial charge in [0.1, 0.15) is 41.3 Å². The number of benzene rings is 2. The quantitative estimate of drug-likeness (QED) is 0.438. The molecule has 14 heteroatoms. The largest absolute Gasteiger partial charge is 0.481 e. The van der Waals surface area contributed by atoms with Crippen LogP contribution in [0.2, 0.25) is 0 Å². The molecular formula is C22H21F6N5O3. The monoisotopic (exact) mass is 517 g/mol. The summed E-state index contributed by atoms with van der Waals surface area (Å²) in [6.45, 7) is 0.519. The van der Waals surface area contributed by atoms with E-state index >= 15 is 4.39 Å². The van der Waals surface area contributed by atoms with E-state index in [4.69, 9.17) is 4.74 Å². The van der Waals surface area contributed by atoms with Crippen molar-refractivity contribution in [2.24, 2.45) is 7.05 Å². The minimum absolute atomic E-state index is 0.135. The number of nitrogens with zero attached hydrogens (tertiary/aromatic N) is 4. The molecule has 1 aromatic heterocycles. The van der Waals surface area contributed by atoms with E-state index < -0.39 is 70.9 Å². The molecule has 0 spiro atoms. The van der Waals surface area contributed by atoms with Crippen LogP contribution in [0.5, 0.6) is 5.75 Å². The van der Waals surface area contributed by atoms with Crippen molar-refractivity contribution < 1.29 is 35.9 Å². The number of carbonyl (C=O) groups excluding carboxylic acids is 1. The third-order valence-electron chi connectivity index (χ3n) is 5.21. The van der Waals surface area contributed by atoms with E-state index in [0.717, 1.165) is 22.8 Å². The smallest absolute Gasteiger partial charge is 0.352 e. The molecule has 36 heavy (non-hydrogen) atoms. The van der Waals surface area contributed by atoms with Crippen LogP contribution >= 0.6 is 0 Å². The molecule has 0 aliphatic rings. The fraction of sp³-hybridized carbons (Fsp3) is 0.318. The standard InChI is InChI=1S/C22H21F6N5O3/c1-4-31(2)21-30-33(22(35)32(21)3)15-9-16(36-17(10-23)19(27)28)11(8-14(15)26)20(34)29-18-12(24)6-5-7-13(18)25/h5-9,17,19H,4,10H2,1-3H3,(H,29,34)/t17-/m0/s1. The molecule has 0 bridgehead atoms. The molecule has 0 aliphatic heterocycles. The van der Waals surface area contributed by atoms with Crippen molar-refractivity contribution in [2.75, 3.05) is 30.5 Å². The highest BCUT2D eigenvalue weighted by molar-refractivity contribution is 6.06. The van der Waals surface area contributed by atoms with Gasteiger partial charge in [-0.05, 0) is 25.1 Å². The number of aromatic nitrogens is 3. The molecular weight excluding hydrogens is 496 g/mol. The van der Waals surface area contributed by atoms with Gasteiger partial charge in [-0.25, -0.2) is 31.1 Å². The van der Waals surface area contributed by atoms with Gasteiger partial charge in [0.2, 0.25) is 5.95 Å². The van der Waals surface area contributed by atoms with Gasteiger partial charge in [0.05, 0.1) is 5.56 Å². The minimum atomic E-state index is -3.34. The van der Waals surface area contributed by atoms with Crippen LogP contribution in [0.25, 0.3) is 5.69 Å². The second-order valence-corrected chi connectivity index (χ2v) is 7.56. The Labute approximate surface area is 200 Å². The van der Waals surface area contributed by atoms with Crippen LogP contribution in [-0.4, -0.2) is 53.1 Å². The lowest BCUT2D eigenvalue weighted by molar-refractivity contribution is -0.00158. The van der Waals surface area contributed by atoms with Crippen LogP contribution in [0.4, 0.5) is 38.0 Å². The zero-order valence-electron chi connectivity index (χ0n) is 19.2. The van der Waals surface area contributed by atoms with E-state index in [9.17, 15) is 31.5 Å². The van der Waals surface area contributed by atoms with Crippen LogP contribution in [0, 0.1) is 17.5 Å². The Hall–Kier alpha value is -3.97. The van der Waals surface area contributed by atoms with Crippen molar-refractivity contribution in [3.8, 4) is 11.4 Å². The van der Waals surface area contributed by atoms with E-state index in [1.54, 1.807) is 18.9 Å². The molecule has 0 aliphatic carbocycles. The molecule has 2 aromatic carbocycles. The van der Waals surface area contributed by atoms with E-state index in [1.165, 1.54) is 7.05 Å². The van der Waals surface area contributed by atoms with Gasteiger partial charge in [0.15, 0.2) is 6.10 Å². The fourth-order valence-electron chi connectivity index (χ4n) is 3.15. The summed E-state index contributed by atoms with van der Waals surface area (Å²) < 4.78 is 89.3. The summed E-state index contributed by atoms with van der Waals surface area (Å²) in [4.78, 5) is 27.0. The molecule has 0 radical (unpaired) electrons. The molecule has 8 nitrogen and oxygen atoms in total.